The van der Waals surface area contributed by atoms with E-state index in [0.717, 1.165) is 87.7 Å². The highest BCUT2D eigenvalue weighted by Crippen LogP contribution is 2.42. The number of para-hydroxylation sites is 1. The highest BCUT2D eigenvalue weighted by atomic mass is 16.3. The fraction of sp³-hybridized carbons (Fsp3) is 0. The summed E-state index contributed by atoms with van der Waals surface area (Å²) in [4.78, 5) is 20.8. The number of oxazole rings is 1. The van der Waals surface area contributed by atoms with Crippen LogP contribution in [0.25, 0.3) is 122 Å². The molecule has 4 aromatic heterocycles. The Bertz CT molecular complexity index is 3510. The minimum Gasteiger partial charge on any atom is -0.456 e. The van der Waals surface area contributed by atoms with Gasteiger partial charge in [0.25, 0.3) is 0 Å². The zero-order valence-electron chi connectivity index (χ0n) is 29.0. The fourth-order valence-corrected chi connectivity index (χ4v) is 8.08. The van der Waals surface area contributed by atoms with E-state index in [1.165, 1.54) is 0 Å². The van der Waals surface area contributed by atoms with E-state index in [9.17, 15) is 0 Å². The van der Waals surface area contributed by atoms with Gasteiger partial charge in [-0.2, -0.15) is 0 Å². The largest absolute Gasteiger partial charge is 0.456 e. The molecule has 7 heteroatoms. The van der Waals surface area contributed by atoms with E-state index in [0.29, 0.717) is 34.5 Å². The lowest BCUT2D eigenvalue weighted by molar-refractivity contribution is 0.623. The third-order valence-corrected chi connectivity index (χ3v) is 10.6. The fourth-order valence-electron chi connectivity index (χ4n) is 8.08. The van der Waals surface area contributed by atoms with Gasteiger partial charge < -0.3 is 13.3 Å². The smallest absolute Gasteiger partial charge is 0.227 e. The molecule has 4 heterocycles. The van der Waals surface area contributed by atoms with Gasteiger partial charge in [0.15, 0.2) is 23.1 Å². The van der Waals surface area contributed by atoms with Crippen molar-refractivity contribution in [1.82, 2.24) is 19.9 Å². The van der Waals surface area contributed by atoms with Crippen molar-refractivity contribution in [2.45, 2.75) is 0 Å². The number of hydrogen-bond acceptors (Lipinski definition) is 7. The van der Waals surface area contributed by atoms with Crippen LogP contribution in [0.2, 0.25) is 0 Å². The van der Waals surface area contributed by atoms with Crippen molar-refractivity contribution in [2.75, 3.05) is 0 Å². The number of benzene rings is 8. The SMILES string of the molecule is c1ccc(-c2nc3cc(-c4nc(-c5cccc6oc7ccccc7c56)nc(-c5cccc6oc7c8ccccc8ccc7c56)n4)c4ccccc4c3o2)cc1. The van der Waals surface area contributed by atoms with Crippen LogP contribution in [0, 0.1) is 0 Å². The van der Waals surface area contributed by atoms with E-state index in [2.05, 4.69) is 54.6 Å². The van der Waals surface area contributed by atoms with E-state index >= 15 is 0 Å². The maximum atomic E-state index is 6.60. The molecule has 0 amide bonds. The number of aromatic nitrogens is 4. The second-order valence-corrected chi connectivity index (χ2v) is 13.7. The van der Waals surface area contributed by atoms with Crippen molar-refractivity contribution in [2.24, 2.45) is 0 Å². The lowest BCUT2D eigenvalue weighted by atomic mass is 10.0. The molecular formula is C48H26N4O3. The number of nitrogens with zero attached hydrogens (tertiary/aromatic N) is 4. The number of hydrogen-bond donors (Lipinski definition) is 0. The van der Waals surface area contributed by atoms with Crippen LogP contribution in [0.3, 0.4) is 0 Å². The summed E-state index contributed by atoms with van der Waals surface area (Å²) in [5.41, 5.74) is 8.01. The summed E-state index contributed by atoms with van der Waals surface area (Å²) in [5, 5.41) is 7.93. The van der Waals surface area contributed by atoms with Crippen LogP contribution in [0.15, 0.2) is 171 Å². The standard InChI is InChI=1S/C48H26N4O3/c1-2-13-28(14-3-1)48-49-37-26-36(30-16-6-7-17-31(30)44(37)55-48)47-51-45(34-19-10-22-39-41(34)32-18-8-9-21-38(32)53-39)50-46(52-47)35-20-11-23-40-42(35)33-25-24-27-12-4-5-15-29(27)43(33)54-40/h1-26H. The monoisotopic (exact) mass is 706 g/mol. The van der Waals surface area contributed by atoms with Crippen LogP contribution in [0.5, 0.6) is 0 Å². The first-order valence-corrected chi connectivity index (χ1v) is 18.1. The Morgan fingerprint density at radius 3 is 1.73 bits per heavy atom. The first-order chi connectivity index (χ1) is 27.2. The van der Waals surface area contributed by atoms with Crippen LogP contribution >= 0.6 is 0 Å². The van der Waals surface area contributed by atoms with Gasteiger partial charge in [-0.25, -0.2) is 19.9 Å². The summed E-state index contributed by atoms with van der Waals surface area (Å²) >= 11 is 0. The van der Waals surface area contributed by atoms with Crippen LogP contribution in [-0.4, -0.2) is 19.9 Å². The van der Waals surface area contributed by atoms with Crippen molar-refractivity contribution in [3.63, 3.8) is 0 Å². The third kappa shape index (κ3) is 4.50. The lowest BCUT2D eigenvalue weighted by Gasteiger charge is -2.11. The minimum absolute atomic E-state index is 0.516. The molecule has 55 heavy (non-hydrogen) atoms. The molecular weight excluding hydrogens is 681 g/mol. The van der Waals surface area contributed by atoms with Gasteiger partial charge in [-0.05, 0) is 53.2 Å². The van der Waals surface area contributed by atoms with Gasteiger partial charge in [0.2, 0.25) is 5.89 Å². The molecule has 0 saturated heterocycles. The molecule has 0 unspecified atom stereocenters. The van der Waals surface area contributed by atoms with Gasteiger partial charge in [0.1, 0.15) is 27.8 Å². The Kier molecular flexibility index (Phi) is 6.21. The lowest BCUT2D eigenvalue weighted by Crippen LogP contribution is -2.01. The molecule has 0 radical (unpaired) electrons. The zero-order chi connectivity index (χ0) is 36.0. The van der Waals surface area contributed by atoms with Crippen molar-refractivity contribution in [3.05, 3.63) is 158 Å². The second-order valence-electron chi connectivity index (χ2n) is 13.7. The molecule has 0 aliphatic carbocycles. The molecule has 0 atom stereocenters. The summed E-state index contributed by atoms with van der Waals surface area (Å²) in [5.74, 6) is 2.13. The average Bonchev–Trinajstić information content (AvgIpc) is 3.97. The predicted molar refractivity (Wildman–Crippen MR) is 219 cm³/mol. The summed E-state index contributed by atoms with van der Waals surface area (Å²) < 4.78 is 19.4. The van der Waals surface area contributed by atoms with Crippen LogP contribution < -0.4 is 0 Å². The molecule has 12 aromatic rings. The van der Waals surface area contributed by atoms with E-state index in [1.807, 2.05) is 103 Å². The molecule has 12 rings (SSSR count). The van der Waals surface area contributed by atoms with Crippen LogP contribution in [-0.2, 0) is 0 Å². The predicted octanol–water partition coefficient (Wildman–Crippen LogP) is 12.8. The first kappa shape index (κ1) is 29.9. The third-order valence-electron chi connectivity index (χ3n) is 10.6. The summed E-state index contributed by atoms with van der Waals surface area (Å²) in [6.07, 6.45) is 0. The first-order valence-electron chi connectivity index (χ1n) is 18.1. The van der Waals surface area contributed by atoms with Crippen LogP contribution in [0.4, 0.5) is 0 Å². The molecule has 0 N–H and O–H groups in total. The van der Waals surface area contributed by atoms with Crippen molar-refractivity contribution < 1.29 is 13.3 Å². The van der Waals surface area contributed by atoms with E-state index in [1.54, 1.807) is 0 Å². The summed E-state index contributed by atoms with van der Waals surface area (Å²) in [6, 6.07) is 52.9. The Hall–Kier alpha value is -7.64. The van der Waals surface area contributed by atoms with Gasteiger partial charge in [-0.1, -0.05) is 115 Å². The molecule has 8 aromatic carbocycles. The number of fused-ring (bicyclic) bond motifs is 11. The van der Waals surface area contributed by atoms with Gasteiger partial charge in [0, 0.05) is 54.6 Å². The summed E-state index contributed by atoms with van der Waals surface area (Å²) in [6.45, 7) is 0. The summed E-state index contributed by atoms with van der Waals surface area (Å²) in [7, 11) is 0. The van der Waals surface area contributed by atoms with Gasteiger partial charge in [-0.3, -0.25) is 0 Å². The Balaban J connectivity index is 1.17. The van der Waals surface area contributed by atoms with E-state index in [-0.39, 0.29) is 0 Å². The van der Waals surface area contributed by atoms with Crippen molar-refractivity contribution in [3.8, 4) is 45.6 Å². The molecule has 256 valence electrons. The zero-order valence-corrected chi connectivity index (χ0v) is 29.0. The molecule has 0 bridgehead atoms. The van der Waals surface area contributed by atoms with Crippen molar-refractivity contribution in [1.29, 1.82) is 0 Å². The van der Waals surface area contributed by atoms with E-state index < -0.39 is 0 Å². The van der Waals surface area contributed by atoms with Gasteiger partial charge in [0.05, 0.1) is 0 Å². The van der Waals surface area contributed by atoms with Gasteiger partial charge >= 0.3 is 0 Å². The van der Waals surface area contributed by atoms with Gasteiger partial charge in [-0.15, -0.1) is 0 Å². The van der Waals surface area contributed by atoms with Crippen LogP contribution in [0.1, 0.15) is 0 Å². The second kappa shape index (κ2) is 11.4. The normalized spacial score (nSPS) is 12.0. The average molecular weight is 707 g/mol. The molecule has 0 aliphatic heterocycles. The molecule has 0 saturated carbocycles. The highest BCUT2D eigenvalue weighted by molar-refractivity contribution is 6.19. The number of rotatable bonds is 4. The van der Waals surface area contributed by atoms with Crippen molar-refractivity contribution >= 4 is 76.5 Å². The minimum atomic E-state index is 0.516. The highest BCUT2D eigenvalue weighted by Gasteiger charge is 2.23. The Morgan fingerprint density at radius 1 is 0.345 bits per heavy atom. The number of furan rings is 2. The Morgan fingerprint density at radius 2 is 0.945 bits per heavy atom. The quantitative estimate of drug-likeness (QED) is 0.180. The molecule has 0 fully saturated rings. The molecule has 0 aliphatic rings. The van der Waals surface area contributed by atoms with E-state index in [4.69, 9.17) is 33.2 Å². The topological polar surface area (TPSA) is 91.0 Å². The maximum absolute atomic E-state index is 6.60. The molecule has 0 spiro atoms. The maximum Gasteiger partial charge on any atom is 0.227 e. The molecule has 7 nitrogen and oxygen atoms in total. The Labute approximate surface area is 312 Å².